The molecule has 0 aliphatic rings. The SMILES string of the molecule is Cn1cc(C(C)(C)C(C)(C)CBO)cn1. The Morgan fingerprint density at radius 2 is 2.00 bits per heavy atom. The van der Waals surface area contributed by atoms with Crippen LogP contribution in [0.4, 0.5) is 0 Å². The maximum absolute atomic E-state index is 9.10. The largest absolute Gasteiger partial charge is 0.454 e. The zero-order valence-electron chi connectivity index (χ0n) is 10.4. The molecule has 1 rings (SSSR count). The highest BCUT2D eigenvalue weighted by molar-refractivity contribution is 6.25. The maximum atomic E-state index is 9.10. The number of aryl methyl sites for hydroxylation is 1. The van der Waals surface area contributed by atoms with Crippen LogP contribution in [0.25, 0.3) is 0 Å². The van der Waals surface area contributed by atoms with Crippen LogP contribution in [0.15, 0.2) is 12.4 Å². The van der Waals surface area contributed by atoms with Crippen molar-refractivity contribution in [1.29, 1.82) is 0 Å². The Hall–Kier alpha value is -0.765. The van der Waals surface area contributed by atoms with E-state index in [0.717, 1.165) is 6.32 Å². The molecule has 1 aromatic heterocycles. The summed E-state index contributed by atoms with van der Waals surface area (Å²) in [6.07, 6.45) is 4.77. The van der Waals surface area contributed by atoms with Crippen molar-refractivity contribution in [3.63, 3.8) is 0 Å². The van der Waals surface area contributed by atoms with Crippen molar-refractivity contribution < 1.29 is 5.02 Å². The second kappa shape index (κ2) is 4.01. The molecule has 0 aliphatic carbocycles. The van der Waals surface area contributed by atoms with Crippen molar-refractivity contribution in [3.8, 4) is 0 Å². The van der Waals surface area contributed by atoms with Gasteiger partial charge in [-0.05, 0) is 22.7 Å². The van der Waals surface area contributed by atoms with Gasteiger partial charge in [0, 0.05) is 13.2 Å². The van der Waals surface area contributed by atoms with E-state index in [1.165, 1.54) is 5.56 Å². The first-order valence-electron chi connectivity index (χ1n) is 5.41. The molecule has 0 radical (unpaired) electrons. The zero-order valence-corrected chi connectivity index (χ0v) is 10.4. The second-order valence-electron chi connectivity index (χ2n) is 5.39. The van der Waals surface area contributed by atoms with Crippen molar-refractivity contribution in [2.45, 2.75) is 39.4 Å². The van der Waals surface area contributed by atoms with E-state index in [2.05, 4.69) is 39.0 Å². The van der Waals surface area contributed by atoms with Crippen LogP contribution in [0, 0.1) is 5.41 Å². The highest BCUT2D eigenvalue weighted by atomic mass is 16.2. The Kier molecular flexibility index (Phi) is 3.29. The molecule has 1 N–H and O–H groups in total. The van der Waals surface area contributed by atoms with Gasteiger partial charge in [0.1, 0.15) is 0 Å². The summed E-state index contributed by atoms with van der Waals surface area (Å²) < 4.78 is 1.83. The van der Waals surface area contributed by atoms with E-state index in [1.54, 1.807) is 0 Å². The van der Waals surface area contributed by atoms with Crippen molar-refractivity contribution in [3.05, 3.63) is 18.0 Å². The highest BCUT2D eigenvalue weighted by Crippen LogP contribution is 2.43. The third-order valence-electron chi connectivity index (χ3n) is 3.86. The van der Waals surface area contributed by atoms with Gasteiger partial charge in [0.25, 0.3) is 7.48 Å². The fraction of sp³-hybridized carbons (Fsp3) is 0.727. The summed E-state index contributed by atoms with van der Waals surface area (Å²) in [6.45, 7) is 8.80. The molecular formula is C11H21BN2O. The van der Waals surface area contributed by atoms with E-state index in [-0.39, 0.29) is 18.3 Å². The van der Waals surface area contributed by atoms with Gasteiger partial charge in [-0.25, -0.2) is 0 Å². The lowest BCUT2D eigenvalue weighted by Gasteiger charge is -2.41. The first-order chi connectivity index (χ1) is 6.81. The minimum atomic E-state index is 0.0178. The number of hydrogen-bond donors (Lipinski definition) is 1. The summed E-state index contributed by atoms with van der Waals surface area (Å²) in [5.74, 6) is 0. The van der Waals surface area contributed by atoms with Crippen LogP contribution in [-0.2, 0) is 12.5 Å². The van der Waals surface area contributed by atoms with Crippen molar-refractivity contribution in [2.24, 2.45) is 12.5 Å². The summed E-state index contributed by atoms with van der Waals surface area (Å²) in [5, 5.41) is 13.3. The molecular weight excluding hydrogens is 187 g/mol. The lowest BCUT2D eigenvalue weighted by atomic mass is 9.58. The molecule has 0 saturated heterocycles. The fourth-order valence-corrected chi connectivity index (χ4v) is 1.73. The molecule has 0 bridgehead atoms. The molecule has 15 heavy (non-hydrogen) atoms. The Bertz CT molecular complexity index is 331. The van der Waals surface area contributed by atoms with Crippen LogP contribution in [0.3, 0.4) is 0 Å². The van der Waals surface area contributed by atoms with E-state index < -0.39 is 0 Å². The summed E-state index contributed by atoms with van der Waals surface area (Å²) >= 11 is 0. The quantitative estimate of drug-likeness (QED) is 0.761. The summed E-state index contributed by atoms with van der Waals surface area (Å²) in [5.41, 5.74) is 1.30. The standard InChI is InChI=1S/C11H21BN2O/c1-10(2,8-12-15)11(3,4)9-6-13-14(5)7-9/h6-7,12,15H,8H2,1-5H3. The van der Waals surface area contributed by atoms with E-state index >= 15 is 0 Å². The van der Waals surface area contributed by atoms with Crippen molar-refractivity contribution >= 4 is 7.48 Å². The van der Waals surface area contributed by atoms with Gasteiger partial charge in [-0.2, -0.15) is 5.10 Å². The van der Waals surface area contributed by atoms with Crippen LogP contribution in [0.1, 0.15) is 33.3 Å². The first-order valence-corrected chi connectivity index (χ1v) is 5.41. The van der Waals surface area contributed by atoms with Crippen LogP contribution in [0.5, 0.6) is 0 Å². The fourth-order valence-electron chi connectivity index (χ4n) is 1.73. The van der Waals surface area contributed by atoms with E-state index in [4.69, 9.17) is 5.02 Å². The smallest absolute Gasteiger partial charge is 0.271 e. The van der Waals surface area contributed by atoms with Crippen LogP contribution in [-0.4, -0.2) is 22.3 Å². The number of aromatic nitrogens is 2. The molecule has 0 fully saturated rings. The minimum Gasteiger partial charge on any atom is -0.454 e. The normalized spacial score (nSPS) is 12.9. The number of nitrogens with zero attached hydrogens (tertiary/aromatic N) is 2. The number of rotatable bonds is 4. The predicted molar refractivity (Wildman–Crippen MR) is 64.2 cm³/mol. The summed E-state index contributed by atoms with van der Waals surface area (Å²) in [7, 11) is 2.16. The average molecular weight is 208 g/mol. The molecule has 1 aromatic rings. The molecule has 0 unspecified atom stereocenters. The van der Waals surface area contributed by atoms with Gasteiger partial charge in [-0.1, -0.05) is 27.7 Å². The maximum Gasteiger partial charge on any atom is 0.271 e. The summed E-state index contributed by atoms with van der Waals surface area (Å²) in [6, 6.07) is 0. The zero-order chi connectivity index (χ0) is 11.7. The molecule has 0 aliphatic heterocycles. The molecule has 0 amide bonds. The Labute approximate surface area is 92.8 Å². The molecule has 0 saturated carbocycles. The van der Waals surface area contributed by atoms with Gasteiger partial charge >= 0.3 is 0 Å². The van der Waals surface area contributed by atoms with Gasteiger partial charge < -0.3 is 5.02 Å². The highest BCUT2D eigenvalue weighted by Gasteiger charge is 2.38. The van der Waals surface area contributed by atoms with Gasteiger partial charge in [0.2, 0.25) is 0 Å². The van der Waals surface area contributed by atoms with Crippen LogP contribution in [0.2, 0.25) is 6.32 Å². The number of hydrogen-bond acceptors (Lipinski definition) is 2. The molecule has 0 spiro atoms. The molecule has 4 heteroatoms. The third-order valence-corrected chi connectivity index (χ3v) is 3.86. The average Bonchev–Trinajstić information content (AvgIpc) is 2.51. The van der Waals surface area contributed by atoms with Gasteiger partial charge in [0.05, 0.1) is 6.20 Å². The van der Waals surface area contributed by atoms with Crippen molar-refractivity contribution in [1.82, 2.24) is 9.78 Å². The molecule has 0 aromatic carbocycles. The van der Waals surface area contributed by atoms with Gasteiger partial charge in [0.15, 0.2) is 0 Å². The van der Waals surface area contributed by atoms with E-state index in [9.17, 15) is 0 Å². The Morgan fingerprint density at radius 1 is 1.40 bits per heavy atom. The monoisotopic (exact) mass is 208 g/mol. The predicted octanol–water partition coefficient (Wildman–Crippen LogP) is 1.49. The van der Waals surface area contributed by atoms with Crippen LogP contribution >= 0.6 is 0 Å². The molecule has 84 valence electrons. The van der Waals surface area contributed by atoms with Crippen LogP contribution < -0.4 is 0 Å². The van der Waals surface area contributed by atoms with Crippen molar-refractivity contribution in [2.75, 3.05) is 0 Å². The van der Waals surface area contributed by atoms with Gasteiger partial charge in [-0.3, -0.25) is 4.68 Å². The summed E-state index contributed by atoms with van der Waals surface area (Å²) in [4.78, 5) is 0. The van der Waals surface area contributed by atoms with Gasteiger partial charge in [-0.15, -0.1) is 0 Å². The second-order valence-corrected chi connectivity index (χ2v) is 5.39. The third kappa shape index (κ3) is 2.25. The molecule has 0 atom stereocenters. The Balaban J connectivity index is 3.00. The topological polar surface area (TPSA) is 38.0 Å². The molecule has 3 nitrogen and oxygen atoms in total. The molecule has 1 heterocycles. The van der Waals surface area contributed by atoms with E-state index in [1.807, 2.05) is 17.9 Å². The lowest BCUT2D eigenvalue weighted by molar-refractivity contribution is 0.220. The minimum absolute atomic E-state index is 0.0178. The first kappa shape index (κ1) is 12.3. The lowest BCUT2D eigenvalue weighted by Crippen LogP contribution is -2.37. The van der Waals surface area contributed by atoms with E-state index in [0.29, 0.717) is 0 Å². The Morgan fingerprint density at radius 3 is 2.40 bits per heavy atom.